The molecule has 1 aliphatic rings. The Bertz CT molecular complexity index is 167. The van der Waals surface area contributed by atoms with Crippen LogP contribution in [0.5, 0.6) is 0 Å². The van der Waals surface area contributed by atoms with Gasteiger partial charge >= 0.3 is 0 Å². The molecule has 0 aromatic rings. The van der Waals surface area contributed by atoms with E-state index in [0.29, 0.717) is 13.1 Å². The van der Waals surface area contributed by atoms with Gasteiger partial charge in [0.2, 0.25) is 0 Å². The lowest BCUT2D eigenvalue weighted by Crippen LogP contribution is -2.43. The van der Waals surface area contributed by atoms with E-state index in [2.05, 4.69) is 5.32 Å². The fourth-order valence-electron chi connectivity index (χ4n) is 2.10. The highest BCUT2D eigenvalue weighted by Gasteiger charge is 2.27. The van der Waals surface area contributed by atoms with Gasteiger partial charge in [0.1, 0.15) is 0 Å². The van der Waals surface area contributed by atoms with Crippen molar-refractivity contribution in [1.29, 1.82) is 0 Å². The molecule has 1 saturated carbocycles. The first-order valence-electron chi connectivity index (χ1n) is 5.88. The molecule has 1 aliphatic carbocycles. The van der Waals surface area contributed by atoms with Crippen molar-refractivity contribution in [2.45, 2.75) is 50.2 Å². The molecule has 0 spiro atoms. The van der Waals surface area contributed by atoms with Gasteiger partial charge in [-0.05, 0) is 12.8 Å². The standard InChI is InChI=1S/C11H23NO3/c13-8-10(14)7-12-9-11(15)5-3-1-2-4-6-11/h10,12-15H,1-9H2/t10-/m0/s1. The highest BCUT2D eigenvalue weighted by molar-refractivity contribution is 4.83. The average Bonchev–Trinajstić information content (AvgIpc) is 2.43. The van der Waals surface area contributed by atoms with Gasteiger partial charge in [-0.1, -0.05) is 25.7 Å². The Balaban J connectivity index is 2.22. The van der Waals surface area contributed by atoms with Gasteiger partial charge in [0, 0.05) is 13.1 Å². The van der Waals surface area contributed by atoms with E-state index in [0.717, 1.165) is 25.7 Å². The maximum Gasteiger partial charge on any atom is 0.0894 e. The first-order valence-corrected chi connectivity index (χ1v) is 5.88. The van der Waals surface area contributed by atoms with Crippen LogP contribution in [-0.4, -0.2) is 46.7 Å². The van der Waals surface area contributed by atoms with E-state index in [1.54, 1.807) is 0 Å². The van der Waals surface area contributed by atoms with Crippen LogP contribution in [0.15, 0.2) is 0 Å². The number of aliphatic hydroxyl groups excluding tert-OH is 2. The molecule has 4 N–H and O–H groups in total. The quantitative estimate of drug-likeness (QED) is 0.490. The summed E-state index contributed by atoms with van der Waals surface area (Å²) in [7, 11) is 0. The predicted molar refractivity (Wildman–Crippen MR) is 58.6 cm³/mol. The summed E-state index contributed by atoms with van der Waals surface area (Å²) in [6.07, 6.45) is 5.55. The van der Waals surface area contributed by atoms with Crippen molar-refractivity contribution in [3.63, 3.8) is 0 Å². The van der Waals surface area contributed by atoms with Crippen LogP contribution in [0.25, 0.3) is 0 Å². The molecule has 4 heteroatoms. The molecule has 0 heterocycles. The fourth-order valence-corrected chi connectivity index (χ4v) is 2.10. The molecule has 0 amide bonds. The molecule has 1 rings (SSSR count). The Morgan fingerprint density at radius 3 is 2.27 bits per heavy atom. The van der Waals surface area contributed by atoms with Gasteiger partial charge in [-0.3, -0.25) is 0 Å². The number of hydrogen-bond acceptors (Lipinski definition) is 4. The van der Waals surface area contributed by atoms with Gasteiger partial charge in [-0.25, -0.2) is 0 Å². The lowest BCUT2D eigenvalue weighted by atomic mass is 9.94. The summed E-state index contributed by atoms with van der Waals surface area (Å²) in [5, 5.41) is 31.0. The van der Waals surface area contributed by atoms with E-state index in [-0.39, 0.29) is 6.61 Å². The van der Waals surface area contributed by atoms with E-state index < -0.39 is 11.7 Å². The zero-order valence-electron chi connectivity index (χ0n) is 9.28. The van der Waals surface area contributed by atoms with Crippen LogP contribution in [-0.2, 0) is 0 Å². The third-order valence-corrected chi connectivity index (χ3v) is 3.08. The normalized spacial score (nSPS) is 23.4. The largest absolute Gasteiger partial charge is 0.394 e. The molecule has 0 saturated heterocycles. The van der Waals surface area contributed by atoms with Gasteiger partial charge < -0.3 is 20.6 Å². The van der Waals surface area contributed by atoms with Crippen LogP contribution in [0, 0.1) is 0 Å². The van der Waals surface area contributed by atoms with Crippen molar-refractivity contribution in [1.82, 2.24) is 5.32 Å². The topological polar surface area (TPSA) is 72.7 Å². The van der Waals surface area contributed by atoms with E-state index >= 15 is 0 Å². The molecule has 0 aromatic heterocycles. The van der Waals surface area contributed by atoms with Crippen LogP contribution in [0.2, 0.25) is 0 Å². The lowest BCUT2D eigenvalue weighted by Gasteiger charge is -2.27. The average molecular weight is 217 g/mol. The van der Waals surface area contributed by atoms with E-state index in [4.69, 9.17) is 10.2 Å². The second kappa shape index (κ2) is 6.43. The van der Waals surface area contributed by atoms with Crippen LogP contribution < -0.4 is 5.32 Å². The third-order valence-electron chi connectivity index (χ3n) is 3.08. The zero-order valence-corrected chi connectivity index (χ0v) is 9.28. The van der Waals surface area contributed by atoms with Crippen LogP contribution in [0.4, 0.5) is 0 Å². The number of rotatable bonds is 5. The number of hydrogen-bond donors (Lipinski definition) is 4. The smallest absolute Gasteiger partial charge is 0.0894 e. The molecule has 0 aromatic carbocycles. The van der Waals surface area contributed by atoms with Gasteiger partial charge in [-0.2, -0.15) is 0 Å². The predicted octanol–water partition coefficient (Wildman–Crippen LogP) is 0.0145. The van der Waals surface area contributed by atoms with Gasteiger partial charge in [0.05, 0.1) is 18.3 Å². The van der Waals surface area contributed by atoms with E-state index in [1.165, 1.54) is 12.8 Å². The Morgan fingerprint density at radius 2 is 1.73 bits per heavy atom. The maximum absolute atomic E-state index is 10.2. The summed E-state index contributed by atoms with van der Waals surface area (Å²) >= 11 is 0. The molecule has 15 heavy (non-hydrogen) atoms. The Labute approximate surface area is 91.3 Å². The zero-order chi connectivity index (χ0) is 11.1. The summed E-state index contributed by atoms with van der Waals surface area (Å²) in [5.74, 6) is 0. The second-order valence-electron chi connectivity index (χ2n) is 4.61. The summed E-state index contributed by atoms with van der Waals surface area (Å²) in [4.78, 5) is 0. The number of nitrogens with one attached hydrogen (secondary N) is 1. The summed E-state index contributed by atoms with van der Waals surface area (Å²) in [6, 6.07) is 0. The van der Waals surface area contributed by atoms with Crippen molar-refractivity contribution in [2.75, 3.05) is 19.7 Å². The highest BCUT2D eigenvalue weighted by atomic mass is 16.3. The monoisotopic (exact) mass is 217 g/mol. The minimum absolute atomic E-state index is 0.231. The molecule has 1 fully saturated rings. The second-order valence-corrected chi connectivity index (χ2v) is 4.61. The first kappa shape index (κ1) is 12.9. The highest BCUT2D eigenvalue weighted by Crippen LogP contribution is 2.26. The summed E-state index contributed by atoms with van der Waals surface area (Å²) in [5.41, 5.74) is -0.605. The molecular formula is C11H23NO3. The molecular weight excluding hydrogens is 194 g/mol. The number of aliphatic hydroxyl groups is 3. The van der Waals surface area contributed by atoms with Crippen molar-refractivity contribution in [2.24, 2.45) is 0 Å². The van der Waals surface area contributed by atoms with Crippen molar-refractivity contribution in [3.8, 4) is 0 Å². The van der Waals surface area contributed by atoms with Crippen LogP contribution in [0.1, 0.15) is 38.5 Å². The third kappa shape index (κ3) is 4.93. The first-order chi connectivity index (χ1) is 7.16. The Hall–Kier alpha value is -0.160. The molecule has 1 atom stereocenters. The Morgan fingerprint density at radius 1 is 1.13 bits per heavy atom. The minimum atomic E-state index is -0.723. The van der Waals surface area contributed by atoms with Gasteiger partial charge in [0.15, 0.2) is 0 Å². The minimum Gasteiger partial charge on any atom is -0.394 e. The van der Waals surface area contributed by atoms with Crippen LogP contribution >= 0.6 is 0 Å². The Kier molecular flexibility index (Phi) is 5.53. The SMILES string of the molecule is OC[C@@H](O)CNCC1(O)CCCCCC1. The van der Waals surface area contributed by atoms with Gasteiger partial charge in [-0.15, -0.1) is 0 Å². The van der Waals surface area contributed by atoms with Crippen molar-refractivity contribution >= 4 is 0 Å². The molecule has 4 nitrogen and oxygen atoms in total. The summed E-state index contributed by atoms with van der Waals surface area (Å²) in [6.45, 7) is 0.633. The molecule has 0 bridgehead atoms. The maximum atomic E-state index is 10.2. The van der Waals surface area contributed by atoms with E-state index in [1.807, 2.05) is 0 Å². The van der Waals surface area contributed by atoms with Crippen LogP contribution in [0.3, 0.4) is 0 Å². The lowest BCUT2D eigenvalue weighted by molar-refractivity contribution is 0.0197. The summed E-state index contributed by atoms with van der Waals surface area (Å²) < 4.78 is 0. The van der Waals surface area contributed by atoms with E-state index in [9.17, 15) is 5.11 Å². The molecule has 0 aliphatic heterocycles. The molecule has 0 unspecified atom stereocenters. The van der Waals surface area contributed by atoms with Gasteiger partial charge in [0.25, 0.3) is 0 Å². The molecule has 0 radical (unpaired) electrons. The fraction of sp³-hybridized carbons (Fsp3) is 1.00. The molecule has 90 valence electrons. The van der Waals surface area contributed by atoms with Crippen molar-refractivity contribution < 1.29 is 15.3 Å². The van der Waals surface area contributed by atoms with Crippen molar-refractivity contribution in [3.05, 3.63) is 0 Å².